The molecule has 34 heavy (non-hydrogen) atoms. The van der Waals surface area contributed by atoms with E-state index in [9.17, 15) is 22.8 Å². The Morgan fingerprint density at radius 3 is 2.76 bits per heavy atom. The molecule has 1 atom stereocenters. The molecule has 10 heteroatoms. The molecule has 2 amide bonds. The van der Waals surface area contributed by atoms with Crippen LogP contribution >= 0.6 is 0 Å². The Hall–Kier alpha value is -3.56. The highest BCUT2D eigenvalue weighted by Crippen LogP contribution is 2.32. The van der Waals surface area contributed by atoms with Gasteiger partial charge in [0.1, 0.15) is 17.5 Å². The van der Waals surface area contributed by atoms with Gasteiger partial charge in [-0.2, -0.15) is 0 Å². The minimum atomic E-state index is -1.64. The SMILES string of the molecule is CC(C)(F)Cn1nc(Oc2ccc(F)cc2F)c2ccc(C(=O)NC3CCCCNC3=O)cc21. The molecule has 0 aliphatic carbocycles. The minimum Gasteiger partial charge on any atom is -0.434 e. The van der Waals surface area contributed by atoms with Gasteiger partial charge >= 0.3 is 0 Å². The van der Waals surface area contributed by atoms with E-state index in [1.54, 1.807) is 6.07 Å². The number of carbonyl (C=O) groups excluding carboxylic acids is 2. The number of ether oxygens (including phenoxy) is 1. The Bertz CT molecular complexity index is 1240. The molecule has 3 aromatic rings. The number of benzene rings is 2. The number of halogens is 3. The molecule has 2 aromatic carbocycles. The first-order valence-corrected chi connectivity index (χ1v) is 11.0. The van der Waals surface area contributed by atoms with Crippen LogP contribution in [0.1, 0.15) is 43.5 Å². The van der Waals surface area contributed by atoms with Gasteiger partial charge < -0.3 is 15.4 Å². The van der Waals surface area contributed by atoms with Crippen LogP contribution in [0.15, 0.2) is 36.4 Å². The van der Waals surface area contributed by atoms with Gasteiger partial charge in [0.2, 0.25) is 11.8 Å². The van der Waals surface area contributed by atoms with E-state index in [4.69, 9.17) is 4.74 Å². The van der Waals surface area contributed by atoms with Crippen molar-refractivity contribution in [1.29, 1.82) is 0 Å². The second-order valence-corrected chi connectivity index (χ2v) is 8.90. The number of hydrogen-bond acceptors (Lipinski definition) is 4. The third-order valence-corrected chi connectivity index (χ3v) is 5.45. The monoisotopic (exact) mass is 474 g/mol. The van der Waals surface area contributed by atoms with Gasteiger partial charge in [-0.05, 0) is 63.4 Å². The van der Waals surface area contributed by atoms with E-state index < -0.39 is 29.3 Å². The van der Waals surface area contributed by atoms with Crippen molar-refractivity contribution in [2.24, 2.45) is 0 Å². The van der Waals surface area contributed by atoms with Gasteiger partial charge in [0.25, 0.3) is 5.91 Å². The first-order chi connectivity index (χ1) is 16.1. The van der Waals surface area contributed by atoms with Crippen molar-refractivity contribution in [3.05, 3.63) is 53.6 Å². The van der Waals surface area contributed by atoms with Crippen LogP contribution in [0.2, 0.25) is 0 Å². The lowest BCUT2D eigenvalue weighted by Crippen LogP contribution is -2.45. The summed E-state index contributed by atoms with van der Waals surface area (Å²) < 4.78 is 48.7. The molecule has 0 saturated carbocycles. The number of carbonyl (C=O) groups is 2. The molecule has 0 spiro atoms. The zero-order valence-electron chi connectivity index (χ0n) is 18.8. The Kier molecular flexibility index (Phi) is 6.49. The van der Waals surface area contributed by atoms with Crippen LogP contribution in [0.5, 0.6) is 11.6 Å². The largest absolute Gasteiger partial charge is 0.434 e. The average molecular weight is 474 g/mol. The summed E-state index contributed by atoms with van der Waals surface area (Å²) in [6.07, 6.45) is 2.19. The summed E-state index contributed by atoms with van der Waals surface area (Å²) >= 11 is 0. The molecule has 1 unspecified atom stereocenters. The van der Waals surface area contributed by atoms with Crippen molar-refractivity contribution in [1.82, 2.24) is 20.4 Å². The smallest absolute Gasteiger partial charge is 0.252 e. The minimum absolute atomic E-state index is 0.0140. The third-order valence-electron chi connectivity index (χ3n) is 5.45. The first kappa shape index (κ1) is 23.6. The van der Waals surface area contributed by atoms with Gasteiger partial charge in [0.05, 0.1) is 17.4 Å². The van der Waals surface area contributed by atoms with Crippen LogP contribution in [-0.4, -0.2) is 39.9 Å². The number of rotatable bonds is 6. The number of nitrogens with zero attached hydrogens (tertiary/aromatic N) is 2. The van der Waals surface area contributed by atoms with Gasteiger partial charge in [0, 0.05) is 18.2 Å². The van der Waals surface area contributed by atoms with Crippen molar-refractivity contribution >= 4 is 22.7 Å². The quantitative estimate of drug-likeness (QED) is 0.559. The maximum Gasteiger partial charge on any atom is 0.252 e. The van der Waals surface area contributed by atoms with Gasteiger partial charge in [-0.1, -0.05) is 0 Å². The standard InChI is InChI=1S/C24H25F3N4O3/c1-24(2,27)13-31-19-11-14(21(32)29-18-5-3-4-10-28-22(18)33)6-8-16(19)23(30-31)34-20-9-7-15(25)12-17(20)26/h6-9,11-12,18H,3-5,10,13H2,1-2H3,(H,28,33)(H,29,32). The lowest BCUT2D eigenvalue weighted by atomic mass is 10.1. The lowest BCUT2D eigenvalue weighted by Gasteiger charge is -2.16. The van der Waals surface area contributed by atoms with Crippen LogP contribution < -0.4 is 15.4 Å². The predicted molar refractivity (Wildman–Crippen MR) is 119 cm³/mol. The fourth-order valence-corrected chi connectivity index (χ4v) is 3.82. The van der Waals surface area contributed by atoms with Crippen molar-refractivity contribution in [2.75, 3.05) is 6.54 Å². The highest BCUT2D eigenvalue weighted by Gasteiger charge is 2.25. The highest BCUT2D eigenvalue weighted by molar-refractivity contribution is 6.01. The van der Waals surface area contributed by atoms with Crippen LogP contribution in [0.4, 0.5) is 13.2 Å². The third kappa shape index (κ3) is 5.32. The molecule has 1 aliphatic rings. The summed E-state index contributed by atoms with van der Waals surface area (Å²) in [7, 11) is 0. The fourth-order valence-electron chi connectivity index (χ4n) is 3.82. The van der Waals surface area contributed by atoms with Crippen LogP contribution in [0, 0.1) is 11.6 Å². The second-order valence-electron chi connectivity index (χ2n) is 8.90. The maximum atomic E-state index is 14.5. The Morgan fingerprint density at radius 2 is 2.03 bits per heavy atom. The summed E-state index contributed by atoms with van der Waals surface area (Å²) in [6, 6.07) is 6.83. The van der Waals surface area contributed by atoms with E-state index in [0.29, 0.717) is 29.9 Å². The summed E-state index contributed by atoms with van der Waals surface area (Å²) in [5.41, 5.74) is -1.00. The first-order valence-electron chi connectivity index (χ1n) is 11.0. The Labute approximate surface area is 194 Å². The summed E-state index contributed by atoms with van der Waals surface area (Å²) in [5, 5.41) is 10.2. The van der Waals surface area contributed by atoms with Gasteiger partial charge in [-0.15, -0.1) is 5.10 Å². The summed E-state index contributed by atoms with van der Waals surface area (Å²) in [4.78, 5) is 25.1. The van der Waals surface area contributed by atoms with Crippen molar-refractivity contribution < 1.29 is 27.5 Å². The number of nitrogens with one attached hydrogen (secondary N) is 2. The molecular formula is C24H25F3N4O3. The molecule has 1 aromatic heterocycles. The van der Waals surface area contributed by atoms with E-state index in [1.165, 1.54) is 30.7 Å². The lowest BCUT2D eigenvalue weighted by molar-refractivity contribution is -0.122. The molecule has 1 aliphatic heterocycles. The highest BCUT2D eigenvalue weighted by atomic mass is 19.1. The van der Waals surface area contributed by atoms with Gasteiger partial charge in [0.15, 0.2) is 11.6 Å². The fraction of sp³-hybridized carbons (Fsp3) is 0.375. The molecule has 2 N–H and O–H groups in total. The van der Waals surface area contributed by atoms with E-state index in [2.05, 4.69) is 15.7 Å². The average Bonchev–Trinajstić information content (AvgIpc) is 2.94. The molecule has 0 radical (unpaired) electrons. The molecule has 4 rings (SSSR count). The van der Waals surface area contributed by atoms with Crippen molar-refractivity contribution in [3.63, 3.8) is 0 Å². The van der Waals surface area contributed by atoms with E-state index in [1.807, 2.05) is 0 Å². The number of amides is 2. The van der Waals surface area contributed by atoms with Crippen molar-refractivity contribution in [2.45, 2.75) is 51.4 Å². The number of alkyl halides is 1. The van der Waals surface area contributed by atoms with Gasteiger partial charge in [-0.3, -0.25) is 14.3 Å². The maximum absolute atomic E-state index is 14.5. The molecule has 7 nitrogen and oxygen atoms in total. The summed E-state index contributed by atoms with van der Waals surface area (Å²) in [6.45, 7) is 3.17. The number of hydrogen-bond donors (Lipinski definition) is 2. The summed E-state index contributed by atoms with van der Waals surface area (Å²) in [5.74, 6) is -2.60. The van der Waals surface area contributed by atoms with Gasteiger partial charge in [-0.25, -0.2) is 13.2 Å². The van der Waals surface area contributed by atoms with Crippen LogP contribution in [-0.2, 0) is 11.3 Å². The number of fused-ring (bicyclic) bond motifs is 1. The topological polar surface area (TPSA) is 85.2 Å². The Morgan fingerprint density at radius 1 is 1.24 bits per heavy atom. The van der Waals surface area contributed by atoms with Crippen LogP contribution in [0.3, 0.4) is 0 Å². The zero-order chi connectivity index (χ0) is 24.5. The Balaban J connectivity index is 1.67. The van der Waals surface area contributed by atoms with E-state index >= 15 is 0 Å². The van der Waals surface area contributed by atoms with Crippen molar-refractivity contribution in [3.8, 4) is 11.6 Å². The number of aromatic nitrogens is 2. The molecular weight excluding hydrogens is 449 g/mol. The van der Waals surface area contributed by atoms with E-state index in [-0.39, 0.29) is 29.6 Å². The predicted octanol–water partition coefficient (Wildman–Crippen LogP) is 4.25. The normalized spacial score (nSPS) is 16.7. The van der Waals surface area contributed by atoms with E-state index in [0.717, 1.165) is 25.0 Å². The molecule has 1 fully saturated rings. The molecule has 180 valence electrons. The molecule has 2 heterocycles. The molecule has 1 saturated heterocycles. The zero-order valence-corrected chi connectivity index (χ0v) is 18.8. The second kappa shape index (κ2) is 9.36. The van der Waals surface area contributed by atoms with Crippen LogP contribution in [0.25, 0.3) is 10.9 Å². The molecule has 0 bridgehead atoms.